The van der Waals surface area contributed by atoms with E-state index in [9.17, 15) is 14.0 Å². The number of carbonyl (C=O) groups excluding carboxylic acids is 2. The average Bonchev–Trinajstić information content (AvgIpc) is 2.98. The summed E-state index contributed by atoms with van der Waals surface area (Å²) in [5, 5.41) is 0.507. The minimum Gasteiger partial charge on any atom is -0.312 e. The molecule has 28 heavy (non-hydrogen) atoms. The van der Waals surface area contributed by atoms with Gasteiger partial charge in [-0.3, -0.25) is 14.7 Å². The fourth-order valence-electron chi connectivity index (χ4n) is 3.21. The van der Waals surface area contributed by atoms with Crippen LogP contribution in [0, 0.1) is 11.7 Å². The fourth-order valence-corrected chi connectivity index (χ4v) is 3.39. The number of carbonyl (C=O) groups is 2. The highest BCUT2D eigenvalue weighted by atomic mass is 35.5. The molecule has 0 aromatic carbocycles. The summed E-state index contributed by atoms with van der Waals surface area (Å²) in [6.07, 6.45) is 4.52. The standard InChI is InChI=1S/C19H21ClFN5O2/c1-3-12(2)17-11-26(18-23-8-14(21)9-24-18)19(28)25(17)10-16(27)7-15-6-13(20)4-5-22-15/h4-6,8-9,12,17H,3,7,10-11H2,1-2H3/t12-,17+/m0/s1. The molecule has 148 valence electrons. The number of aromatic nitrogens is 3. The summed E-state index contributed by atoms with van der Waals surface area (Å²) in [5.41, 5.74) is 0.558. The highest BCUT2D eigenvalue weighted by Crippen LogP contribution is 2.26. The monoisotopic (exact) mass is 405 g/mol. The number of anilines is 1. The lowest BCUT2D eigenvalue weighted by molar-refractivity contribution is -0.119. The second-order valence-electron chi connectivity index (χ2n) is 6.86. The van der Waals surface area contributed by atoms with Crippen molar-refractivity contribution in [3.8, 4) is 0 Å². The molecule has 1 saturated heterocycles. The van der Waals surface area contributed by atoms with E-state index in [0.717, 1.165) is 18.8 Å². The van der Waals surface area contributed by atoms with Crippen LogP contribution in [0.2, 0.25) is 5.02 Å². The molecular formula is C19H21ClFN5O2. The molecule has 0 saturated carbocycles. The first-order valence-electron chi connectivity index (χ1n) is 9.06. The van der Waals surface area contributed by atoms with Crippen molar-refractivity contribution in [3.05, 3.63) is 47.3 Å². The Kier molecular flexibility index (Phi) is 6.18. The van der Waals surface area contributed by atoms with E-state index in [-0.39, 0.29) is 42.7 Å². The van der Waals surface area contributed by atoms with Crippen molar-refractivity contribution >= 4 is 29.4 Å². The molecule has 2 aromatic heterocycles. The first-order valence-corrected chi connectivity index (χ1v) is 9.44. The highest BCUT2D eigenvalue weighted by Gasteiger charge is 2.42. The third-order valence-corrected chi connectivity index (χ3v) is 5.13. The lowest BCUT2D eigenvalue weighted by Crippen LogP contribution is -2.42. The molecule has 0 bridgehead atoms. The number of Topliss-reactive ketones (excluding diaryl/α,β-unsaturated/α-hetero) is 1. The molecule has 1 aliphatic heterocycles. The minimum atomic E-state index is -0.574. The first-order chi connectivity index (χ1) is 13.4. The van der Waals surface area contributed by atoms with Crippen LogP contribution in [0.1, 0.15) is 26.0 Å². The van der Waals surface area contributed by atoms with Gasteiger partial charge in [-0.1, -0.05) is 31.9 Å². The van der Waals surface area contributed by atoms with E-state index in [0.29, 0.717) is 17.3 Å². The smallest absolute Gasteiger partial charge is 0.312 e. The number of amides is 2. The molecule has 3 rings (SSSR count). The van der Waals surface area contributed by atoms with Crippen LogP contribution in [0.4, 0.5) is 15.1 Å². The van der Waals surface area contributed by atoms with Crippen LogP contribution in [0.5, 0.6) is 0 Å². The summed E-state index contributed by atoms with van der Waals surface area (Å²) in [5.74, 6) is -0.411. The molecule has 0 spiro atoms. The van der Waals surface area contributed by atoms with Gasteiger partial charge in [-0.05, 0) is 18.1 Å². The van der Waals surface area contributed by atoms with Gasteiger partial charge in [0, 0.05) is 16.9 Å². The molecular weight excluding hydrogens is 385 g/mol. The van der Waals surface area contributed by atoms with Crippen LogP contribution in [-0.2, 0) is 11.2 Å². The molecule has 0 aliphatic carbocycles. The van der Waals surface area contributed by atoms with E-state index in [1.165, 1.54) is 4.90 Å². The van der Waals surface area contributed by atoms with E-state index in [1.54, 1.807) is 23.2 Å². The first kappa shape index (κ1) is 20.1. The molecule has 9 heteroatoms. The van der Waals surface area contributed by atoms with Crippen LogP contribution in [0.15, 0.2) is 30.7 Å². The normalized spacial score (nSPS) is 17.9. The third-order valence-electron chi connectivity index (χ3n) is 4.90. The quantitative estimate of drug-likeness (QED) is 0.707. The summed E-state index contributed by atoms with van der Waals surface area (Å²) >= 11 is 5.94. The van der Waals surface area contributed by atoms with Crippen molar-refractivity contribution < 1.29 is 14.0 Å². The number of ketones is 1. The average molecular weight is 406 g/mol. The van der Waals surface area contributed by atoms with E-state index in [2.05, 4.69) is 15.0 Å². The van der Waals surface area contributed by atoms with Gasteiger partial charge in [0.25, 0.3) is 0 Å². The third kappa shape index (κ3) is 4.44. The number of nitrogens with zero attached hydrogens (tertiary/aromatic N) is 5. The number of pyridine rings is 1. The van der Waals surface area contributed by atoms with Gasteiger partial charge in [-0.25, -0.2) is 19.2 Å². The van der Waals surface area contributed by atoms with Gasteiger partial charge < -0.3 is 4.90 Å². The molecule has 0 N–H and O–H groups in total. The van der Waals surface area contributed by atoms with Crippen molar-refractivity contribution in [1.82, 2.24) is 19.9 Å². The van der Waals surface area contributed by atoms with Crippen LogP contribution < -0.4 is 4.90 Å². The van der Waals surface area contributed by atoms with Crippen LogP contribution >= 0.6 is 11.6 Å². The van der Waals surface area contributed by atoms with Gasteiger partial charge in [-0.15, -0.1) is 0 Å². The van der Waals surface area contributed by atoms with Gasteiger partial charge in [-0.2, -0.15) is 0 Å². The number of urea groups is 1. The van der Waals surface area contributed by atoms with Crippen molar-refractivity contribution in [2.75, 3.05) is 18.0 Å². The molecule has 2 aromatic rings. The summed E-state index contributed by atoms with van der Waals surface area (Å²) in [6.45, 7) is 4.37. The van der Waals surface area contributed by atoms with Gasteiger partial charge >= 0.3 is 6.03 Å². The molecule has 7 nitrogen and oxygen atoms in total. The largest absolute Gasteiger partial charge is 0.327 e. The number of hydrogen-bond donors (Lipinski definition) is 0. The maximum Gasteiger partial charge on any atom is 0.327 e. The summed E-state index contributed by atoms with van der Waals surface area (Å²) in [7, 11) is 0. The predicted molar refractivity (Wildman–Crippen MR) is 103 cm³/mol. The Morgan fingerprint density at radius 2 is 2.07 bits per heavy atom. The molecule has 1 aliphatic rings. The number of rotatable bonds is 7. The van der Waals surface area contributed by atoms with Crippen LogP contribution in [0.25, 0.3) is 0 Å². The van der Waals surface area contributed by atoms with Crippen molar-refractivity contribution in [2.24, 2.45) is 5.92 Å². The molecule has 3 heterocycles. The Bertz CT molecular complexity index is 864. The zero-order valence-corrected chi connectivity index (χ0v) is 16.4. The Morgan fingerprint density at radius 3 is 2.71 bits per heavy atom. The van der Waals surface area contributed by atoms with E-state index in [1.807, 2.05) is 13.8 Å². The predicted octanol–water partition coefficient (Wildman–Crippen LogP) is 3.13. The van der Waals surface area contributed by atoms with E-state index < -0.39 is 5.82 Å². The Hall–Kier alpha value is -2.61. The Balaban J connectivity index is 1.77. The maximum atomic E-state index is 13.1. The summed E-state index contributed by atoms with van der Waals surface area (Å²) in [6, 6.07) is 2.75. The van der Waals surface area contributed by atoms with Gasteiger partial charge in [0.15, 0.2) is 11.6 Å². The second-order valence-corrected chi connectivity index (χ2v) is 7.29. The lowest BCUT2D eigenvalue weighted by Gasteiger charge is -2.26. The number of hydrogen-bond acceptors (Lipinski definition) is 5. The molecule has 0 unspecified atom stereocenters. The zero-order chi connectivity index (χ0) is 20.3. The topological polar surface area (TPSA) is 79.3 Å². The number of halogens is 2. The van der Waals surface area contributed by atoms with E-state index in [4.69, 9.17) is 11.6 Å². The van der Waals surface area contributed by atoms with Crippen molar-refractivity contribution in [1.29, 1.82) is 0 Å². The van der Waals surface area contributed by atoms with Gasteiger partial charge in [0.1, 0.15) is 0 Å². The Morgan fingerprint density at radius 1 is 1.36 bits per heavy atom. The van der Waals surface area contributed by atoms with Gasteiger partial charge in [0.05, 0.1) is 37.9 Å². The zero-order valence-electron chi connectivity index (χ0n) is 15.7. The van der Waals surface area contributed by atoms with Crippen LogP contribution in [-0.4, -0.2) is 50.8 Å². The highest BCUT2D eigenvalue weighted by molar-refractivity contribution is 6.30. The Labute approximate surface area is 167 Å². The molecule has 2 amide bonds. The SMILES string of the molecule is CC[C@H](C)[C@H]1CN(c2ncc(F)cn2)C(=O)N1CC(=O)Cc1cc(Cl)ccn1. The van der Waals surface area contributed by atoms with Gasteiger partial charge in [0.2, 0.25) is 5.95 Å². The fraction of sp³-hybridized carbons (Fsp3) is 0.421. The maximum absolute atomic E-state index is 13.1. The second kappa shape index (κ2) is 8.60. The van der Waals surface area contributed by atoms with E-state index >= 15 is 0 Å². The van der Waals surface area contributed by atoms with Crippen molar-refractivity contribution in [3.63, 3.8) is 0 Å². The minimum absolute atomic E-state index is 0.0419. The van der Waals surface area contributed by atoms with Crippen LogP contribution in [0.3, 0.4) is 0 Å². The molecule has 1 fully saturated rings. The lowest BCUT2D eigenvalue weighted by atomic mass is 9.98. The van der Waals surface area contributed by atoms with Crippen molar-refractivity contribution in [2.45, 2.75) is 32.7 Å². The molecule has 0 radical (unpaired) electrons. The molecule has 2 atom stereocenters. The summed E-state index contributed by atoms with van der Waals surface area (Å²) < 4.78 is 13.1. The summed E-state index contributed by atoms with van der Waals surface area (Å²) in [4.78, 5) is 40.4.